The molecule has 5 nitrogen and oxygen atoms in total. The molecule has 1 heterocycles. The second-order valence-electron chi connectivity index (χ2n) is 4.60. The summed E-state index contributed by atoms with van der Waals surface area (Å²) in [5.41, 5.74) is 0.807. The molecule has 104 valence electrons. The summed E-state index contributed by atoms with van der Waals surface area (Å²) in [7, 11) is 3.66. The predicted octanol–water partition coefficient (Wildman–Crippen LogP) is 2.19. The van der Waals surface area contributed by atoms with E-state index in [0.29, 0.717) is 29.7 Å². The fourth-order valence-corrected chi connectivity index (χ4v) is 2.36. The predicted molar refractivity (Wildman–Crippen MR) is 71.1 cm³/mol. The Kier molecular flexibility index (Phi) is 4.17. The third-order valence-corrected chi connectivity index (χ3v) is 3.28. The van der Waals surface area contributed by atoms with Crippen molar-refractivity contribution in [1.82, 2.24) is 4.90 Å². The quantitative estimate of drug-likeness (QED) is 0.919. The van der Waals surface area contributed by atoms with E-state index >= 15 is 0 Å². The van der Waals surface area contributed by atoms with E-state index in [9.17, 15) is 4.79 Å². The largest absolute Gasteiger partial charge is 0.486 e. The standard InChI is InChI=1S/C13H16ClNO4/c1-15(2)10(7-12(16)17)8-5-9(14)13-11(6-8)18-3-4-19-13/h5-6,10H,3-4,7H2,1-2H3,(H,16,17). The zero-order chi connectivity index (χ0) is 14.0. The van der Waals surface area contributed by atoms with Crippen molar-refractivity contribution in [2.24, 2.45) is 0 Å². The van der Waals surface area contributed by atoms with Gasteiger partial charge in [-0.3, -0.25) is 4.79 Å². The van der Waals surface area contributed by atoms with Crippen molar-refractivity contribution >= 4 is 17.6 Å². The third-order valence-electron chi connectivity index (χ3n) is 3.00. The van der Waals surface area contributed by atoms with Gasteiger partial charge in [0.1, 0.15) is 13.2 Å². The molecule has 1 aliphatic heterocycles. The lowest BCUT2D eigenvalue weighted by Crippen LogP contribution is -2.23. The van der Waals surface area contributed by atoms with Gasteiger partial charge in [-0.1, -0.05) is 11.6 Å². The van der Waals surface area contributed by atoms with Crippen LogP contribution in [0.5, 0.6) is 11.5 Å². The van der Waals surface area contributed by atoms with E-state index in [2.05, 4.69) is 0 Å². The number of carboxylic acid groups (broad SMARTS) is 1. The summed E-state index contributed by atoms with van der Waals surface area (Å²) in [6.45, 7) is 0.941. The van der Waals surface area contributed by atoms with Crippen LogP contribution in [0.25, 0.3) is 0 Å². The van der Waals surface area contributed by atoms with E-state index in [4.69, 9.17) is 26.2 Å². The maximum Gasteiger partial charge on any atom is 0.305 e. The van der Waals surface area contributed by atoms with Crippen LogP contribution in [0.3, 0.4) is 0 Å². The summed E-state index contributed by atoms with van der Waals surface area (Å²) in [4.78, 5) is 12.8. The Morgan fingerprint density at radius 2 is 2.11 bits per heavy atom. The molecule has 0 aromatic heterocycles. The minimum atomic E-state index is -0.857. The van der Waals surface area contributed by atoms with Crippen LogP contribution in [-0.4, -0.2) is 43.3 Å². The highest BCUT2D eigenvalue weighted by molar-refractivity contribution is 6.32. The number of halogens is 1. The zero-order valence-electron chi connectivity index (χ0n) is 10.9. The first-order valence-corrected chi connectivity index (χ1v) is 6.34. The van der Waals surface area contributed by atoms with E-state index in [1.165, 1.54) is 0 Å². The van der Waals surface area contributed by atoms with E-state index in [1.54, 1.807) is 12.1 Å². The summed E-state index contributed by atoms with van der Waals surface area (Å²) in [5.74, 6) is 0.250. The van der Waals surface area contributed by atoms with Crippen LogP contribution in [0.4, 0.5) is 0 Å². The molecule has 1 aliphatic rings. The van der Waals surface area contributed by atoms with E-state index in [1.807, 2.05) is 19.0 Å². The summed E-state index contributed by atoms with van der Waals surface area (Å²) in [5, 5.41) is 9.43. The Labute approximate surface area is 116 Å². The minimum absolute atomic E-state index is 0.00295. The number of carboxylic acids is 1. The van der Waals surface area contributed by atoms with E-state index in [0.717, 1.165) is 5.56 Å². The number of nitrogens with zero attached hydrogens (tertiary/aromatic N) is 1. The highest BCUT2D eigenvalue weighted by Crippen LogP contribution is 2.40. The zero-order valence-corrected chi connectivity index (χ0v) is 11.6. The highest BCUT2D eigenvalue weighted by Gasteiger charge is 2.23. The van der Waals surface area contributed by atoms with Crippen molar-refractivity contribution in [3.8, 4) is 11.5 Å². The van der Waals surface area contributed by atoms with Crippen molar-refractivity contribution in [3.63, 3.8) is 0 Å². The van der Waals surface area contributed by atoms with Gasteiger partial charge in [0, 0.05) is 6.04 Å². The van der Waals surface area contributed by atoms with Crippen LogP contribution >= 0.6 is 11.6 Å². The minimum Gasteiger partial charge on any atom is -0.486 e. The van der Waals surface area contributed by atoms with Crippen molar-refractivity contribution in [2.45, 2.75) is 12.5 Å². The first-order chi connectivity index (χ1) is 8.99. The lowest BCUT2D eigenvalue weighted by Gasteiger charge is -2.26. The molecule has 6 heteroatoms. The van der Waals surface area contributed by atoms with Crippen LogP contribution < -0.4 is 9.47 Å². The first-order valence-electron chi connectivity index (χ1n) is 5.96. The van der Waals surface area contributed by atoms with Crippen molar-refractivity contribution in [2.75, 3.05) is 27.3 Å². The third kappa shape index (κ3) is 3.11. The summed E-state index contributed by atoms with van der Waals surface area (Å²) in [6.07, 6.45) is 0.00295. The number of carbonyl (C=O) groups is 1. The van der Waals surface area contributed by atoms with Crippen LogP contribution in [0.1, 0.15) is 18.0 Å². The normalized spacial score (nSPS) is 15.4. The molecule has 0 amide bonds. The second-order valence-corrected chi connectivity index (χ2v) is 5.01. The number of benzene rings is 1. The molecule has 0 spiro atoms. The molecule has 19 heavy (non-hydrogen) atoms. The Morgan fingerprint density at radius 1 is 1.42 bits per heavy atom. The summed E-state index contributed by atoms with van der Waals surface area (Å²) >= 11 is 6.16. The van der Waals surface area contributed by atoms with Gasteiger partial charge in [0.25, 0.3) is 0 Å². The molecule has 1 aromatic rings. The van der Waals surface area contributed by atoms with Crippen LogP contribution in [0.15, 0.2) is 12.1 Å². The number of hydrogen-bond donors (Lipinski definition) is 1. The van der Waals surface area contributed by atoms with Crippen molar-refractivity contribution in [1.29, 1.82) is 0 Å². The Morgan fingerprint density at radius 3 is 2.74 bits per heavy atom. The topological polar surface area (TPSA) is 59.0 Å². The molecule has 0 aliphatic carbocycles. The van der Waals surface area contributed by atoms with Gasteiger partial charge in [0.15, 0.2) is 11.5 Å². The molecule has 0 saturated carbocycles. The number of hydrogen-bond acceptors (Lipinski definition) is 4. The molecule has 1 atom stereocenters. The maximum absolute atomic E-state index is 10.9. The fourth-order valence-electron chi connectivity index (χ4n) is 2.09. The molecule has 0 saturated heterocycles. The van der Waals surface area contributed by atoms with Gasteiger partial charge in [-0.15, -0.1) is 0 Å². The van der Waals surface area contributed by atoms with Gasteiger partial charge in [-0.05, 0) is 31.8 Å². The lowest BCUT2D eigenvalue weighted by molar-refractivity contribution is -0.138. The maximum atomic E-state index is 10.9. The Hall–Kier alpha value is -1.46. The van der Waals surface area contributed by atoms with E-state index in [-0.39, 0.29) is 12.5 Å². The number of aliphatic carboxylic acids is 1. The van der Waals surface area contributed by atoms with Crippen LogP contribution in [0, 0.1) is 0 Å². The van der Waals surface area contributed by atoms with Gasteiger partial charge in [0.05, 0.1) is 11.4 Å². The SMILES string of the molecule is CN(C)C(CC(=O)O)c1cc(Cl)c2c(c1)OCCO2. The molecule has 0 fully saturated rings. The fraction of sp³-hybridized carbons (Fsp3) is 0.462. The van der Waals surface area contributed by atoms with Crippen LogP contribution in [-0.2, 0) is 4.79 Å². The summed E-state index contributed by atoms with van der Waals surface area (Å²) in [6, 6.07) is 3.28. The number of ether oxygens (including phenoxy) is 2. The number of fused-ring (bicyclic) bond motifs is 1. The lowest BCUT2D eigenvalue weighted by atomic mass is 10.0. The molecule has 1 unspecified atom stereocenters. The molecule has 0 radical (unpaired) electrons. The monoisotopic (exact) mass is 285 g/mol. The smallest absolute Gasteiger partial charge is 0.305 e. The first kappa shape index (κ1) is 14.0. The molecule has 1 aromatic carbocycles. The van der Waals surface area contributed by atoms with Gasteiger partial charge >= 0.3 is 5.97 Å². The van der Waals surface area contributed by atoms with E-state index < -0.39 is 5.97 Å². The van der Waals surface area contributed by atoms with Gasteiger partial charge in [-0.2, -0.15) is 0 Å². The van der Waals surface area contributed by atoms with Gasteiger partial charge in [-0.25, -0.2) is 0 Å². The second kappa shape index (κ2) is 5.67. The van der Waals surface area contributed by atoms with Crippen molar-refractivity contribution < 1.29 is 19.4 Å². The molecule has 0 bridgehead atoms. The molecular weight excluding hydrogens is 270 g/mol. The average Bonchev–Trinajstić information content (AvgIpc) is 2.35. The van der Waals surface area contributed by atoms with Gasteiger partial charge in [0.2, 0.25) is 0 Å². The van der Waals surface area contributed by atoms with Gasteiger partial charge < -0.3 is 19.5 Å². The average molecular weight is 286 g/mol. The Balaban J connectivity index is 2.37. The van der Waals surface area contributed by atoms with Crippen molar-refractivity contribution in [3.05, 3.63) is 22.7 Å². The van der Waals surface area contributed by atoms with Crippen LogP contribution in [0.2, 0.25) is 5.02 Å². The molecular formula is C13H16ClNO4. The number of rotatable bonds is 4. The summed E-state index contributed by atoms with van der Waals surface area (Å²) < 4.78 is 10.9. The Bertz CT molecular complexity index is 490. The molecule has 2 rings (SSSR count). The molecule has 1 N–H and O–H groups in total. The highest BCUT2D eigenvalue weighted by atomic mass is 35.5.